The van der Waals surface area contributed by atoms with E-state index in [1.165, 1.54) is 18.1 Å². The lowest BCUT2D eigenvalue weighted by atomic mass is 10.1. The molecular weight excluding hydrogens is 368 g/mol. The SMILES string of the molecule is CC(=O)SC(CCc1ccccc1)C(=O)NC(C)CNCCc1ccccc1. The van der Waals surface area contributed by atoms with E-state index in [2.05, 4.69) is 22.8 Å². The third-order valence-electron chi connectivity index (χ3n) is 4.41. The summed E-state index contributed by atoms with van der Waals surface area (Å²) >= 11 is 1.12. The molecule has 0 aliphatic carbocycles. The second-order valence-electron chi connectivity index (χ2n) is 6.97. The molecule has 0 aliphatic heterocycles. The molecule has 5 heteroatoms. The number of amides is 1. The Morgan fingerprint density at radius 1 is 0.929 bits per heavy atom. The highest BCUT2D eigenvalue weighted by Gasteiger charge is 2.22. The summed E-state index contributed by atoms with van der Waals surface area (Å²) in [5, 5.41) is 6.05. The van der Waals surface area contributed by atoms with Gasteiger partial charge in [-0.25, -0.2) is 0 Å². The van der Waals surface area contributed by atoms with Crippen LogP contribution in [0.1, 0.15) is 31.4 Å². The van der Waals surface area contributed by atoms with Gasteiger partial charge in [-0.15, -0.1) is 0 Å². The number of nitrogens with one attached hydrogen (secondary N) is 2. The average Bonchev–Trinajstić information content (AvgIpc) is 2.69. The summed E-state index contributed by atoms with van der Waals surface area (Å²) in [7, 11) is 0. The predicted molar refractivity (Wildman–Crippen MR) is 117 cm³/mol. The maximum absolute atomic E-state index is 12.7. The molecule has 0 saturated heterocycles. The Bertz CT molecular complexity index is 722. The number of aryl methyl sites for hydroxylation is 1. The van der Waals surface area contributed by atoms with Crippen molar-refractivity contribution in [1.29, 1.82) is 0 Å². The Labute approximate surface area is 172 Å². The molecule has 0 aliphatic rings. The van der Waals surface area contributed by atoms with E-state index in [0.717, 1.165) is 31.1 Å². The molecule has 28 heavy (non-hydrogen) atoms. The minimum atomic E-state index is -0.357. The van der Waals surface area contributed by atoms with Gasteiger partial charge in [0.05, 0.1) is 5.25 Å². The summed E-state index contributed by atoms with van der Waals surface area (Å²) in [5.74, 6) is -0.0616. The predicted octanol–water partition coefficient (Wildman–Crippen LogP) is 3.60. The van der Waals surface area contributed by atoms with E-state index in [-0.39, 0.29) is 22.3 Å². The smallest absolute Gasteiger partial charge is 0.233 e. The standard InChI is InChI=1S/C23H30N2O2S/c1-18(17-24-16-15-21-11-7-4-8-12-21)25-23(27)22(28-19(2)26)14-13-20-9-5-3-6-10-20/h3-12,18,22,24H,13-17H2,1-2H3,(H,25,27). The van der Waals surface area contributed by atoms with E-state index in [1.54, 1.807) is 0 Å². The first kappa shape index (κ1) is 22.2. The quantitative estimate of drug-likeness (QED) is 0.568. The maximum Gasteiger partial charge on any atom is 0.233 e. The molecule has 0 saturated carbocycles. The highest BCUT2D eigenvalue weighted by molar-refractivity contribution is 8.14. The van der Waals surface area contributed by atoms with Gasteiger partial charge in [-0.2, -0.15) is 0 Å². The van der Waals surface area contributed by atoms with Crippen LogP contribution in [0.3, 0.4) is 0 Å². The van der Waals surface area contributed by atoms with Crippen molar-refractivity contribution in [3.05, 3.63) is 71.8 Å². The van der Waals surface area contributed by atoms with Crippen LogP contribution < -0.4 is 10.6 Å². The molecule has 0 heterocycles. The van der Waals surface area contributed by atoms with Crippen LogP contribution in [0.2, 0.25) is 0 Å². The van der Waals surface area contributed by atoms with E-state index in [1.807, 2.05) is 55.5 Å². The zero-order chi connectivity index (χ0) is 20.2. The minimum absolute atomic E-state index is 0.00931. The van der Waals surface area contributed by atoms with E-state index in [0.29, 0.717) is 13.0 Å². The van der Waals surface area contributed by atoms with Gasteiger partial charge in [-0.1, -0.05) is 72.4 Å². The van der Waals surface area contributed by atoms with Gasteiger partial charge >= 0.3 is 0 Å². The lowest BCUT2D eigenvalue weighted by molar-refractivity contribution is -0.121. The van der Waals surface area contributed by atoms with Crippen molar-refractivity contribution in [3.63, 3.8) is 0 Å². The van der Waals surface area contributed by atoms with E-state index >= 15 is 0 Å². The summed E-state index contributed by atoms with van der Waals surface area (Å²) in [4.78, 5) is 24.2. The third kappa shape index (κ3) is 8.72. The summed E-state index contributed by atoms with van der Waals surface area (Å²) in [5.41, 5.74) is 2.48. The molecule has 150 valence electrons. The van der Waals surface area contributed by atoms with Gasteiger partial charge in [0.25, 0.3) is 0 Å². The summed E-state index contributed by atoms with van der Waals surface area (Å²) in [6, 6.07) is 20.4. The van der Waals surface area contributed by atoms with Gasteiger partial charge in [0, 0.05) is 19.5 Å². The first-order valence-corrected chi connectivity index (χ1v) is 10.7. The first-order valence-electron chi connectivity index (χ1n) is 9.80. The third-order valence-corrected chi connectivity index (χ3v) is 5.48. The number of rotatable bonds is 11. The fourth-order valence-electron chi connectivity index (χ4n) is 2.97. The number of carbonyl (C=O) groups excluding carboxylic acids is 2. The molecule has 2 aromatic rings. The van der Waals surface area contributed by atoms with Crippen LogP contribution in [0.15, 0.2) is 60.7 Å². The van der Waals surface area contributed by atoms with Crippen LogP contribution >= 0.6 is 11.8 Å². The van der Waals surface area contributed by atoms with Crippen LogP contribution in [-0.2, 0) is 22.4 Å². The van der Waals surface area contributed by atoms with Gasteiger partial charge in [0.15, 0.2) is 5.12 Å². The normalized spacial score (nSPS) is 12.9. The van der Waals surface area contributed by atoms with Crippen LogP contribution in [0.25, 0.3) is 0 Å². The van der Waals surface area contributed by atoms with Crippen molar-refractivity contribution in [2.75, 3.05) is 13.1 Å². The van der Waals surface area contributed by atoms with Crippen molar-refractivity contribution in [2.24, 2.45) is 0 Å². The number of hydrogen-bond donors (Lipinski definition) is 2. The Balaban J connectivity index is 1.74. The fourth-order valence-corrected chi connectivity index (χ4v) is 3.78. The molecule has 0 radical (unpaired) electrons. The average molecular weight is 399 g/mol. The Morgan fingerprint density at radius 3 is 2.07 bits per heavy atom. The van der Waals surface area contributed by atoms with Gasteiger partial charge < -0.3 is 10.6 Å². The molecule has 1 amide bonds. The fraction of sp³-hybridized carbons (Fsp3) is 0.391. The van der Waals surface area contributed by atoms with Crippen LogP contribution in [-0.4, -0.2) is 35.4 Å². The van der Waals surface area contributed by atoms with Crippen LogP contribution in [0.4, 0.5) is 0 Å². The van der Waals surface area contributed by atoms with E-state index in [9.17, 15) is 9.59 Å². The number of thioether (sulfide) groups is 1. The maximum atomic E-state index is 12.7. The monoisotopic (exact) mass is 398 g/mol. The van der Waals surface area contributed by atoms with Gasteiger partial charge in [0.2, 0.25) is 5.91 Å². The molecular formula is C23H30N2O2S. The molecule has 2 atom stereocenters. The summed E-state index contributed by atoms with van der Waals surface area (Å²) in [6.07, 6.45) is 2.39. The molecule has 2 unspecified atom stereocenters. The Kier molecular flexibility index (Phi) is 9.80. The summed E-state index contributed by atoms with van der Waals surface area (Å²) in [6.45, 7) is 5.07. The molecule has 0 fully saturated rings. The minimum Gasteiger partial charge on any atom is -0.351 e. The Morgan fingerprint density at radius 2 is 1.50 bits per heavy atom. The highest BCUT2D eigenvalue weighted by Crippen LogP contribution is 2.19. The number of carbonyl (C=O) groups is 2. The molecule has 0 spiro atoms. The molecule has 0 aromatic heterocycles. The van der Waals surface area contributed by atoms with Crippen molar-refractivity contribution < 1.29 is 9.59 Å². The second-order valence-corrected chi connectivity index (χ2v) is 8.35. The van der Waals surface area contributed by atoms with E-state index in [4.69, 9.17) is 0 Å². The van der Waals surface area contributed by atoms with Crippen molar-refractivity contribution in [1.82, 2.24) is 10.6 Å². The lowest BCUT2D eigenvalue weighted by Crippen LogP contribution is -2.44. The topological polar surface area (TPSA) is 58.2 Å². The zero-order valence-corrected chi connectivity index (χ0v) is 17.5. The molecule has 4 nitrogen and oxygen atoms in total. The number of hydrogen-bond acceptors (Lipinski definition) is 4. The van der Waals surface area contributed by atoms with Crippen molar-refractivity contribution >= 4 is 22.8 Å². The van der Waals surface area contributed by atoms with Gasteiger partial charge in [-0.05, 0) is 43.9 Å². The first-order chi connectivity index (χ1) is 13.5. The van der Waals surface area contributed by atoms with Crippen LogP contribution in [0.5, 0.6) is 0 Å². The van der Waals surface area contributed by atoms with Gasteiger partial charge in [0.1, 0.15) is 0 Å². The molecule has 2 N–H and O–H groups in total. The van der Waals surface area contributed by atoms with E-state index < -0.39 is 0 Å². The van der Waals surface area contributed by atoms with Crippen LogP contribution in [0, 0.1) is 0 Å². The molecule has 2 aromatic carbocycles. The Hall–Kier alpha value is -2.11. The molecule has 0 bridgehead atoms. The van der Waals surface area contributed by atoms with Crippen molar-refractivity contribution in [2.45, 2.75) is 44.4 Å². The second kappa shape index (κ2) is 12.4. The highest BCUT2D eigenvalue weighted by atomic mass is 32.2. The van der Waals surface area contributed by atoms with Crippen molar-refractivity contribution in [3.8, 4) is 0 Å². The largest absolute Gasteiger partial charge is 0.351 e. The molecule has 2 rings (SSSR count). The zero-order valence-electron chi connectivity index (χ0n) is 16.7. The summed E-state index contributed by atoms with van der Waals surface area (Å²) < 4.78 is 0. The van der Waals surface area contributed by atoms with Gasteiger partial charge in [-0.3, -0.25) is 9.59 Å². The lowest BCUT2D eigenvalue weighted by Gasteiger charge is -2.20. The number of benzene rings is 2.